The molecule has 0 radical (unpaired) electrons. The molecule has 0 saturated carbocycles. The summed E-state index contributed by atoms with van der Waals surface area (Å²) in [7, 11) is 3.48. The minimum atomic E-state index is 0.613. The Bertz CT molecular complexity index is 627. The molecular formula is C21H31ClO2. The molecule has 3 heteroatoms. The highest BCUT2D eigenvalue weighted by molar-refractivity contribution is 6.19. The van der Waals surface area contributed by atoms with Crippen LogP contribution in [0.3, 0.4) is 0 Å². The molecule has 1 aromatic rings. The van der Waals surface area contributed by atoms with E-state index in [1.165, 1.54) is 22.3 Å². The highest BCUT2D eigenvalue weighted by Gasteiger charge is 2.17. The summed E-state index contributed by atoms with van der Waals surface area (Å²) in [4.78, 5) is 0. The van der Waals surface area contributed by atoms with Gasteiger partial charge in [0.15, 0.2) is 0 Å². The second-order valence-corrected chi connectivity index (χ2v) is 6.66. The molecular weight excluding hydrogens is 320 g/mol. The number of allylic oxidation sites excluding steroid dienone is 4. The fourth-order valence-corrected chi connectivity index (χ4v) is 3.07. The zero-order chi connectivity index (χ0) is 18.3. The monoisotopic (exact) mass is 350 g/mol. The third kappa shape index (κ3) is 5.04. The summed E-state index contributed by atoms with van der Waals surface area (Å²) in [5, 5.41) is 0. The minimum Gasteiger partial charge on any atom is -0.496 e. The Balaban J connectivity index is 3.02. The number of hydrogen-bond donors (Lipinski definition) is 0. The molecule has 0 spiro atoms. The van der Waals surface area contributed by atoms with Crippen molar-refractivity contribution in [1.29, 1.82) is 0 Å². The summed E-state index contributed by atoms with van der Waals surface area (Å²) in [6.45, 7) is 10.5. The molecule has 0 aliphatic heterocycles. The molecule has 0 fully saturated rings. The Morgan fingerprint density at radius 2 is 1.46 bits per heavy atom. The summed E-state index contributed by atoms with van der Waals surface area (Å²) in [6.07, 6.45) is 7.46. The first-order chi connectivity index (χ1) is 11.4. The van der Waals surface area contributed by atoms with E-state index in [1.54, 1.807) is 14.2 Å². The van der Waals surface area contributed by atoms with Crippen LogP contribution in [0.2, 0.25) is 0 Å². The second-order valence-electron chi connectivity index (χ2n) is 6.40. The van der Waals surface area contributed by atoms with Crippen LogP contribution in [0.25, 0.3) is 0 Å². The number of halogens is 1. The zero-order valence-corrected chi connectivity index (χ0v) is 16.9. The molecule has 24 heavy (non-hydrogen) atoms. The average Bonchev–Trinajstić information content (AvgIpc) is 2.57. The lowest BCUT2D eigenvalue weighted by Crippen LogP contribution is -2.03. The van der Waals surface area contributed by atoms with Crippen molar-refractivity contribution in [3.05, 3.63) is 45.6 Å². The van der Waals surface area contributed by atoms with Gasteiger partial charge in [-0.25, -0.2) is 0 Å². The van der Waals surface area contributed by atoms with Gasteiger partial charge in [0, 0.05) is 11.4 Å². The molecule has 0 atom stereocenters. The predicted molar refractivity (Wildman–Crippen MR) is 105 cm³/mol. The van der Waals surface area contributed by atoms with E-state index in [0.717, 1.165) is 41.9 Å². The fraction of sp³-hybridized carbons (Fsp3) is 0.524. The molecule has 0 amide bonds. The molecule has 0 unspecified atom stereocenters. The Labute approximate surface area is 152 Å². The van der Waals surface area contributed by atoms with Gasteiger partial charge in [0.25, 0.3) is 0 Å². The Hall–Kier alpha value is -1.41. The van der Waals surface area contributed by atoms with E-state index in [9.17, 15) is 0 Å². The molecule has 0 bridgehead atoms. The summed E-state index contributed by atoms with van der Waals surface area (Å²) in [5.74, 6) is 2.56. The lowest BCUT2D eigenvalue weighted by molar-refractivity contribution is 0.391. The van der Waals surface area contributed by atoms with E-state index in [-0.39, 0.29) is 0 Å². The summed E-state index contributed by atoms with van der Waals surface area (Å²) >= 11 is 5.81. The normalized spacial score (nSPS) is 12.5. The van der Waals surface area contributed by atoms with E-state index < -0.39 is 0 Å². The topological polar surface area (TPSA) is 18.5 Å². The van der Waals surface area contributed by atoms with Gasteiger partial charge in [-0.05, 0) is 70.6 Å². The van der Waals surface area contributed by atoms with Gasteiger partial charge in [-0.15, -0.1) is 11.6 Å². The molecule has 0 aliphatic rings. The molecule has 2 nitrogen and oxygen atoms in total. The van der Waals surface area contributed by atoms with Gasteiger partial charge < -0.3 is 9.47 Å². The van der Waals surface area contributed by atoms with Crippen molar-refractivity contribution in [2.45, 2.75) is 53.9 Å². The number of benzene rings is 1. The van der Waals surface area contributed by atoms with Crippen molar-refractivity contribution in [1.82, 2.24) is 0 Å². The van der Waals surface area contributed by atoms with E-state index in [2.05, 4.69) is 46.8 Å². The molecule has 0 aliphatic carbocycles. The van der Waals surface area contributed by atoms with Crippen LogP contribution in [-0.2, 0) is 6.42 Å². The van der Waals surface area contributed by atoms with Gasteiger partial charge in [0.2, 0.25) is 0 Å². The van der Waals surface area contributed by atoms with Crippen LogP contribution in [0, 0.1) is 20.8 Å². The SMILES string of the molecule is COc1c(C)c(C)c(OC)c(CC=C(C)CCC=C(C)CCl)c1C. The second kappa shape index (κ2) is 9.78. The van der Waals surface area contributed by atoms with Gasteiger partial charge in [0.05, 0.1) is 14.2 Å². The highest BCUT2D eigenvalue weighted by Crippen LogP contribution is 2.38. The highest BCUT2D eigenvalue weighted by atomic mass is 35.5. The van der Waals surface area contributed by atoms with Crippen LogP contribution in [-0.4, -0.2) is 20.1 Å². The first-order valence-electron chi connectivity index (χ1n) is 8.45. The van der Waals surface area contributed by atoms with Crippen molar-refractivity contribution in [3.63, 3.8) is 0 Å². The van der Waals surface area contributed by atoms with Crippen LogP contribution in [0.15, 0.2) is 23.3 Å². The van der Waals surface area contributed by atoms with Crippen molar-refractivity contribution < 1.29 is 9.47 Å². The van der Waals surface area contributed by atoms with Gasteiger partial charge >= 0.3 is 0 Å². The molecule has 0 N–H and O–H groups in total. The van der Waals surface area contributed by atoms with Crippen molar-refractivity contribution >= 4 is 11.6 Å². The number of alkyl halides is 1. The van der Waals surface area contributed by atoms with E-state index >= 15 is 0 Å². The molecule has 134 valence electrons. The zero-order valence-electron chi connectivity index (χ0n) is 16.2. The number of methoxy groups -OCH3 is 2. The quantitative estimate of drug-likeness (QED) is 0.417. The van der Waals surface area contributed by atoms with E-state index in [1.807, 2.05) is 0 Å². The maximum absolute atomic E-state index is 5.81. The fourth-order valence-electron chi connectivity index (χ4n) is 2.96. The number of hydrogen-bond acceptors (Lipinski definition) is 2. The van der Waals surface area contributed by atoms with Gasteiger partial charge in [0.1, 0.15) is 11.5 Å². The third-order valence-electron chi connectivity index (χ3n) is 4.62. The van der Waals surface area contributed by atoms with Gasteiger partial charge in [-0.3, -0.25) is 0 Å². The smallest absolute Gasteiger partial charge is 0.126 e. The third-order valence-corrected chi connectivity index (χ3v) is 5.04. The predicted octanol–water partition coefficient (Wildman–Crippen LogP) is 6.08. The summed E-state index contributed by atoms with van der Waals surface area (Å²) in [6, 6.07) is 0. The molecule has 1 aromatic carbocycles. The maximum atomic E-state index is 5.81. The van der Waals surface area contributed by atoms with Crippen molar-refractivity contribution in [3.8, 4) is 11.5 Å². The Morgan fingerprint density at radius 1 is 0.875 bits per heavy atom. The number of ether oxygens (including phenoxy) is 2. The molecule has 1 rings (SSSR count). The maximum Gasteiger partial charge on any atom is 0.126 e. The Morgan fingerprint density at radius 3 is 2.00 bits per heavy atom. The van der Waals surface area contributed by atoms with Gasteiger partial charge in [-0.1, -0.05) is 23.3 Å². The largest absolute Gasteiger partial charge is 0.496 e. The first-order valence-corrected chi connectivity index (χ1v) is 8.98. The standard InChI is InChI=1S/C21H31ClO2/c1-14(9-8-10-15(2)13-22)11-12-19-18(5)20(23-6)16(3)17(4)21(19)24-7/h10-11H,8-9,12-13H2,1-7H3. The van der Waals surface area contributed by atoms with Crippen LogP contribution >= 0.6 is 11.6 Å². The lowest BCUT2D eigenvalue weighted by atomic mass is 9.94. The summed E-state index contributed by atoms with van der Waals surface area (Å²) < 4.78 is 11.3. The van der Waals surface area contributed by atoms with Crippen molar-refractivity contribution in [2.24, 2.45) is 0 Å². The molecule has 0 aromatic heterocycles. The molecule has 0 saturated heterocycles. The van der Waals surface area contributed by atoms with Crippen LogP contribution < -0.4 is 9.47 Å². The van der Waals surface area contributed by atoms with E-state index in [4.69, 9.17) is 21.1 Å². The first kappa shape index (κ1) is 20.6. The minimum absolute atomic E-state index is 0.613. The van der Waals surface area contributed by atoms with Crippen LogP contribution in [0.5, 0.6) is 11.5 Å². The summed E-state index contributed by atoms with van der Waals surface area (Å²) in [5.41, 5.74) is 7.30. The van der Waals surface area contributed by atoms with Crippen LogP contribution in [0.4, 0.5) is 0 Å². The van der Waals surface area contributed by atoms with Crippen LogP contribution in [0.1, 0.15) is 48.9 Å². The van der Waals surface area contributed by atoms with Gasteiger partial charge in [-0.2, -0.15) is 0 Å². The Kier molecular flexibility index (Phi) is 8.41. The number of rotatable bonds is 8. The molecule has 0 heterocycles. The lowest BCUT2D eigenvalue weighted by Gasteiger charge is -2.20. The van der Waals surface area contributed by atoms with Crippen molar-refractivity contribution in [2.75, 3.05) is 20.1 Å². The average molecular weight is 351 g/mol. The van der Waals surface area contributed by atoms with E-state index in [0.29, 0.717) is 5.88 Å².